The molecular weight excluding hydrogens is 226 g/mol. The second-order valence-corrected chi connectivity index (χ2v) is 6.10. The van der Waals surface area contributed by atoms with Crippen LogP contribution in [0.5, 0.6) is 11.5 Å². The lowest BCUT2D eigenvalue weighted by molar-refractivity contribution is 0.125. The van der Waals surface area contributed by atoms with Gasteiger partial charge in [0.1, 0.15) is 11.7 Å². The van der Waals surface area contributed by atoms with Gasteiger partial charge in [-0.3, -0.25) is 0 Å². The summed E-state index contributed by atoms with van der Waals surface area (Å²) < 4.78 is 12.1. The Morgan fingerprint density at radius 1 is 1.33 bits per heavy atom. The summed E-state index contributed by atoms with van der Waals surface area (Å²) in [7, 11) is 0. The van der Waals surface area contributed by atoms with Crippen molar-refractivity contribution in [2.45, 2.75) is 57.3 Å². The van der Waals surface area contributed by atoms with E-state index in [2.05, 4.69) is 19.9 Å². The molecule has 1 heterocycles. The third-order valence-electron chi connectivity index (χ3n) is 3.77. The number of hydrogen-bond donors (Lipinski definition) is 1. The van der Waals surface area contributed by atoms with Crippen molar-refractivity contribution in [3.8, 4) is 11.5 Å². The molecule has 1 aromatic carbocycles. The summed E-state index contributed by atoms with van der Waals surface area (Å²) in [6.07, 6.45) is 4.26. The van der Waals surface area contributed by atoms with Crippen molar-refractivity contribution in [1.82, 2.24) is 0 Å². The van der Waals surface area contributed by atoms with Crippen molar-refractivity contribution in [3.63, 3.8) is 0 Å². The quantitative estimate of drug-likeness (QED) is 0.873. The highest BCUT2D eigenvalue weighted by molar-refractivity contribution is 5.50. The van der Waals surface area contributed by atoms with E-state index in [1.807, 2.05) is 12.1 Å². The molecule has 1 aliphatic heterocycles. The van der Waals surface area contributed by atoms with Crippen molar-refractivity contribution in [3.05, 3.63) is 23.8 Å². The van der Waals surface area contributed by atoms with Gasteiger partial charge in [-0.15, -0.1) is 0 Å². The van der Waals surface area contributed by atoms with E-state index in [4.69, 9.17) is 15.2 Å². The molecule has 0 radical (unpaired) electrons. The average molecular weight is 247 g/mol. The van der Waals surface area contributed by atoms with Gasteiger partial charge in [0.2, 0.25) is 0 Å². The van der Waals surface area contributed by atoms with Gasteiger partial charge < -0.3 is 15.2 Å². The van der Waals surface area contributed by atoms with Gasteiger partial charge in [0.15, 0.2) is 11.5 Å². The SMILES string of the molecule is CC1(C)Cc2cccc(OC3CCC(N)C3)c2O1. The maximum absolute atomic E-state index is 6.08. The largest absolute Gasteiger partial charge is 0.486 e. The fourth-order valence-corrected chi connectivity index (χ4v) is 2.94. The van der Waals surface area contributed by atoms with Crippen LogP contribution in [0, 0.1) is 0 Å². The molecular formula is C15H21NO2. The van der Waals surface area contributed by atoms with Gasteiger partial charge in [-0.25, -0.2) is 0 Å². The summed E-state index contributed by atoms with van der Waals surface area (Å²) in [4.78, 5) is 0. The number of benzene rings is 1. The first kappa shape index (κ1) is 11.8. The van der Waals surface area contributed by atoms with E-state index in [9.17, 15) is 0 Å². The van der Waals surface area contributed by atoms with Crippen LogP contribution in [0.2, 0.25) is 0 Å². The van der Waals surface area contributed by atoms with Gasteiger partial charge >= 0.3 is 0 Å². The molecule has 0 spiro atoms. The van der Waals surface area contributed by atoms with Gasteiger partial charge in [0.25, 0.3) is 0 Å². The molecule has 1 aliphatic carbocycles. The van der Waals surface area contributed by atoms with Crippen molar-refractivity contribution in [2.75, 3.05) is 0 Å². The molecule has 1 saturated carbocycles. The van der Waals surface area contributed by atoms with Crippen molar-refractivity contribution < 1.29 is 9.47 Å². The van der Waals surface area contributed by atoms with Gasteiger partial charge in [-0.2, -0.15) is 0 Å². The normalized spacial score (nSPS) is 28.8. The highest BCUT2D eigenvalue weighted by Gasteiger charge is 2.33. The minimum Gasteiger partial charge on any atom is -0.486 e. The van der Waals surface area contributed by atoms with Crippen LogP contribution >= 0.6 is 0 Å². The van der Waals surface area contributed by atoms with Gasteiger partial charge in [-0.1, -0.05) is 12.1 Å². The molecule has 2 N–H and O–H groups in total. The zero-order valence-corrected chi connectivity index (χ0v) is 11.1. The minimum absolute atomic E-state index is 0.117. The Kier molecular flexibility index (Phi) is 2.74. The first-order valence-corrected chi connectivity index (χ1v) is 6.77. The Morgan fingerprint density at radius 3 is 2.89 bits per heavy atom. The lowest BCUT2D eigenvalue weighted by Gasteiger charge is -2.20. The summed E-state index contributed by atoms with van der Waals surface area (Å²) in [5.74, 6) is 1.82. The van der Waals surface area contributed by atoms with Crippen LogP contribution in [0.3, 0.4) is 0 Å². The number of nitrogens with two attached hydrogens (primary N) is 1. The zero-order chi connectivity index (χ0) is 12.8. The van der Waals surface area contributed by atoms with E-state index in [0.717, 1.165) is 37.2 Å². The topological polar surface area (TPSA) is 44.5 Å². The van der Waals surface area contributed by atoms with Crippen LogP contribution in [0.1, 0.15) is 38.7 Å². The molecule has 18 heavy (non-hydrogen) atoms. The van der Waals surface area contributed by atoms with E-state index in [0.29, 0.717) is 6.04 Å². The van der Waals surface area contributed by atoms with Gasteiger partial charge in [0, 0.05) is 18.0 Å². The molecule has 2 aliphatic rings. The smallest absolute Gasteiger partial charge is 0.165 e. The molecule has 98 valence electrons. The Morgan fingerprint density at radius 2 is 2.17 bits per heavy atom. The summed E-state index contributed by atoms with van der Waals surface area (Å²) >= 11 is 0. The zero-order valence-electron chi connectivity index (χ0n) is 11.1. The van der Waals surface area contributed by atoms with Crippen LogP contribution in [0.25, 0.3) is 0 Å². The molecule has 0 bridgehead atoms. The maximum atomic E-state index is 6.08. The monoisotopic (exact) mass is 247 g/mol. The van der Waals surface area contributed by atoms with E-state index < -0.39 is 0 Å². The number of rotatable bonds is 2. The van der Waals surface area contributed by atoms with Gasteiger partial charge in [-0.05, 0) is 39.2 Å². The van der Waals surface area contributed by atoms with Crippen LogP contribution < -0.4 is 15.2 Å². The number of hydrogen-bond acceptors (Lipinski definition) is 3. The summed E-state index contributed by atoms with van der Waals surface area (Å²) in [5.41, 5.74) is 7.06. The Balaban J connectivity index is 1.80. The maximum Gasteiger partial charge on any atom is 0.165 e. The van der Waals surface area contributed by atoms with E-state index in [-0.39, 0.29) is 11.7 Å². The van der Waals surface area contributed by atoms with E-state index in [1.54, 1.807) is 0 Å². The highest BCUT2D eigenvalue weighted by Crippen LogP contribution is 2.42. The first-order valence-electron chi connectivity index (χ1n) is 6.77. The molecule has 1 aromatic rings. The minimum atomic E-state index is -0.117. The Bertz CT molecular complexity index is 456. The molecule has 2 unspecified atom stereocenters. The summed E-state index contributed by atoms with van der Waals surface area (Å²) in [6.45, 7) is 4.23. The van der Waals surface area contributed by atoms with Crippen molar-refractivity contribution in [1.29, 1.82) is 0 Å². The standard InChI is InChI=1S/C15H21NO2/c1-15(2)9-10-4-3-5-13(14(10)18-15)17-12-7-6-11(16)8-12/h3-5,11-12H,6-9,16H2,1-2H3. The lowest BCUT2D eigenvalue weighted by atomic mass is 10.0. The second-order valence-electron chi connectivity index (χ2n) is 6.10. The summed E-state index contributed by atoms with van der Waals surface area (Å²) in [6, 6.07) is 6.47. The molecule has 2 atom stereocenters. The van der Waals surface area contributed by atoms with Crippen molar-refractivity contribution >= 4 is 0 Å². The Labute approximate surface area is 108 Å². The molecule has 0 saturated heterocycles. The van der Waals surface area contributed by atoms with Crippen LogP contribution in [-0.4, -0.2) is 17.7 Å². The van der Waals surface area contributed by atoms with Crippen LogP contribution in [0.4, 0.5) is 0 Å². The summed E-state index contributed by atoms with van der Waals surface area (Å²) in [5, 5.41) is 0. The molecule has 3 nitrogen and oxygen atoms in total. The fraction of sp³-hybridized carbons (Fsp3) is 0.600. The predicted octanol–water partition coefficient (Wildman–Crippen LogP) is 2.66. The molecule has 0 aromatic heterocycles. The molecule has 1 fully saturated rings. The van der Waals surface area contributed by atoms with E-state index in [1.165, 1.54) is 5.56 Å². The third kappa shape index (κ3) is 2.19. The fourth-order valence-electron chi connectivity index (χ4n) is 2.94. The van der Waals surface area contributed by atoms with Crippen LogP contribution in [-0.2, 0) is 6.42 Å². The second kappa shape index (κ2) is 4.16. The lowest BCUT2D eigenvalue weighted by Crippen LogP contribution is -2.25. The predicted molar refractivity (Wildman–Crippen MR) is 71.1 cm³/mol. The highest BCUT2D eigenvalue weighted by atomic mass is 16.5. The Hall–Kier alpha value is -1.22. The van der Waals surface area contributed by atoms with Crippen molar-refractivity contribution in [2.24, 2.45) is 5.73 Å². The van der Waals surface area contributed by atoms with Gasteiger partial charge in [0.05, 0.1) is 0 Å². The molecule has 3 rings (SSSR count). The third-order valence-corrected chi connectivity index (χ3v) is 3.77. The first-order chi connectivity index (χ1) is 8.53. The van der Waals surface area contributed by atoms with E-state index >= 15 is 0 Å². The molecule has 3 heteroatoms. The molecule has 0 amide bonds. The average Bonchev–Trinajstić information content (AvgIpc) is 2.81. The number of para-hydroxylation sites is 1. The van der Waals surface area contributed by atoms with Crippen LogP contribution in [0.15, 0.2) is 18.2 Å². The number of fused-ring (bicyclic) bond motifs is 1. The number of ether oxygens (including phenoxy) is 2.